The van der Waals surface area contributed by atoms with Gasteiger partial charge in [-0.3, -0.25) is 4.90 Å². The van der Waals surface area contributed by atoms with Gasteiger partial charge in [-0.2, -0.15) is 0 Å². The Kier molecular flexibility index (Phi) is 4.42. The summed E-state index contributed by atoms with van der Waals surface area (Å²) in [4.78, 5) is 2.42. The monoisotopic (exact) mass is 298 g/mol. The first-order valence-corrected chi connectivity index (χ1v) is 6.85. The predicted octanol–water partition coefficient (Wildman–Crippen LogP) is 2.24. The van der Waals surface area contributed by atoms with E-state index in [2.05, 4.69) is 26.9 Å². The van der Waals surface area contributed by atoms with Crippen LogP contribution in [0.3, 0.4) is 0 Å². The molecule has 1 saturated heterocycles. The molecule has 0 radical (unpaired) electrons. The van der Waals surface area contributed by atoms with Gasteiger partial charge in [0, 0.05) is 23.3 Å². The number of nitrogens with two attached hydrogens (primary N) is 1. The molecule has 4 heteroatoms. The number of aliphatic hydroxyl groups excluding tert-OH is 1. The zero-order valence-electron chi connectivity index (χ0n) is 9.90. The molecule has 17 heavy (non-hydrogen) atoms. The highest BCUT2D eigenvalue weighted by Gasteiger charge is 2.18. The van der Waals surface area contributed by atoms with Crippen LogP contribution in [0.2, 0.25) is 0 Å². The van der Waals surface area contributed by atoms with E-state index in [9.17, 15) is 0 Å². The third-order valence-corrected chi connectivity index (χ3v) is 3.81. The number of halogens is 1. The Bertz CT molecular complexity index is 355. The number of hydrogen-bond acceptors (Lipinski definition) is 3. The zero-order valence-corrected chi connectivity index (χ0v) is 11.5. The maximum atomic E-state index is 9.10. The number of nitrogen functional groups attached to an aromatic ring is 1. The van der Waals surface area contributed by atoms with Crippen LogP contribution < -0.4 is 5.73 Å². The first-order chi connectivity index (χ1) is 8.17. The third-order valence-electron chi connectivity index (χ3n) is 3.35. The molecule has 1 aromatic rings. The molecule has 1 aliphatic rings. The van der Waals surface area contributed by atoms with Crippen molar-refractivity contribution in [2.24, 2.45) is 5.92 Å². The standard InChI is InChI=1S/C13H19BrN2O/c14-12-5-11(6-13(15)7-12)8-16-3-1-10(9-17)2-4-16/h5-7,10,17H,1-4,8-9,15H2. The molecular formula is C13H19BrN2O. The second-order valence-electron chi connectivity index (χ2n) is 4.79. The van der Waals surface area contributed by atoms with Crippen molar-refractivity contribution in [2.45, 2.75) is 19.4 Å². The van der Waals surface area contributed by atoms with Gasteiger partial charge in [0.2, 0.25) is 0 Å². The molecule has 0 unspecified atom stereocenters. The van der Waals surface area contributed by atoms with Gasteiger partial charge in [0.1, 0.15) is 0 Å². The molecule has 1 heterocycles. The molecule has 3 N–H and O–H groups in total. The highest BCUT2D eigenvalue weighted by Crippen LogP contribution is 2.21. The second-order valence-corrected chi connectivity index (χ2v) is 5.71. The van der Waals surface area contributed by atoms with Gasteiger partial charge in [0.25, 0.3) is 0 Å². The largest absolute Gasteiger partial charge is 0.399 e. The number of aliphatic hydroxyl groups is 1. The molecule has 0 aliphatic carbocycles. The van der Waals surface area contributed by atoms with E-state index >= 15 is 0 Å². The fraction of sp³-hybridized carbons (Fsp3) is 0.538. The van der Waals surface area contributed by atoms with Gasteiger partial charge in [0.15, 0.2) is 0 Å². The van der Waals surface area contributed by atoms with Crippen LogP contribution in [0.15, 0.2) is 22.7 Å². The van der Waals surface area contributed by atoms with E-state index in [1.54, 1.807) is 0 Å². The first-order valence-electron chi connectivity index (χ1n) is 6.05. The summed E-state index contributed by atoms with van der Waals surface area (Å²) in [5, 5.41) is 9.10. The SMILES string of the molecule is Nc1cc(Br)cc(CN2CCC(CO)CC2)c1. The normalized spacial score (nSPS) is 18.5. The predicted molar refractivity (Wildman–Crippen MR) is 73.6 cm³/mol. The molecule has 1 aromatic carbocycles. The van der Waals surface area contributed by atoms with Gasteiger partial charge in [-0.05, 0) is 55.6 Å². The summed E-state index contributed by atoms with van der Waals surface area (Å²) >= 11 is 3.47. The lowest BCUT2D eigenvalue weighted by atomic mass is 9.97. The van der Waals surface area contributed by atoms with Crippen LogP contribution in [-0.4, -0.2) is 29.7 Å². The smallest absolute Gasteiger partial charge is 0.0460 e. The van der Waals surface area contributed by atoms with E-state index in [0.717, 1.165) is 42.6 Å². The average Bonchev–Trinajstić information content (AvgIpc) is 2.28. The Balaban J connectivity index is 1.93. The summed E-state index contributed by atoms with van der Waals surface area (Å²) in [6.07, 6.45) is 2.19. The molecule has 0 bridgehead atoms. The number of anilines is 1. The topological polar surface area (TPSA) is 49.5 Å². The van der Waals surface area contributed by atoms with Crippen LogP contribution in [0, 0.1) is 5.92 Å². The Hall–Kier alpha value is -0.580. The molecule has 0 aromatic heterocycles. The maximum Gasteiger partial charge on any atom is 0.0460 e. The van der Waals surface area contributed by atoms with Crippen LogP contribution in [0.1, 0.15) is 18.4 Å². The minimum absolute atomic E-state index is 0.331. The van der Waals surface area contributed by atoms with Crippen molar-refractivity contribution in [1.29, 1.82) is 0 Å². The molecule has 0 atom stereocenters. The molecule has 2 rings (SSSR count). The Morgan fingerprint density at radius 2 is 2.00 bits per heavy atom. The van der Waals surface area contributed by atoms with Crippen LogP contribution in [-0.2, 0) is 6.54 Å². The first kappa shape index (κ1) is 12.9. The van der Waals surface area contributed by atoms with E-state index in [1.165, 1.54) is 5.56 Å². The van der Waals surface area contributed by atoms with Crippen molar-refractivity contribution >= 4 is 21.6 Å². The number of hydrogen-bond donors (Lipinski definition) is 2. The van der Waals surface area contributed by atoms with Gasteiger partial charge >= 0.3 is 0 Å². The lowest BCUT2D eigenvalue weighted by molar-refractivity contribution is 0.127. The van der Waals surface area contributed by atoms with Gasteiger partial charge < -0.3 is 10.8 Å². The fourth-order valence-corrected chi connectivity index (χ4v) is 2.91. The summed E-state index contributed by atoms with van der Waals surface area (Å²) in [7, 11) is 0. The van der Waals surface area contributed by atoms with Crippen molar-refractivity contribution in [1.82, 2.24) is 4.90 Å². The summed E-state index contributed by atoms with van der Waals surface area (Å²) in [6, 6.07) is 6.07. The van der Waals surface area contributed by atoms with Crippen molar-refractivity contribution in [3.63, 3.8) is 0 Å². The fourth-order valence-electron chi connectivity index (χ4n) is 2.35. The lowest BCUT2D eigenvalue weighted by Crippen LogP contribution is -2.34. The van der Waals surface area contributed by atoms with E-state index in [1.807, 2.05) is 12.1 Å². The second kappa shape index (κ2) is 5.85. The Morgan fingerprint density at radius 3 is 2.59 bits per heavy atom. The van der Waals surface area contributed by atoms with E-state index in [-0.39, 0.29) is 0 Å². The number of likely N-dealkylation sites (tertiary alicyclic amines) is 1. The van der Waals surface area contributed by atoms with Gasteiger partial charge in [-0.1, -0.05) is 15.9 Å². The third kappa shape index (κ3) is 3.69. The van der Waals surface area contributed by atoms with Crippen LogP contribution in [0.25, 0.3) is 0 Å². The Labute approximate surface area is 111 Å². The zero-order chi connectivity index (χ0) is 12.3. The number of rotatable bonds is 3. The summed E-state index contributed by atoms with van der Waals surface area (Å²) in [6.45, 7) is 3.41. The van der Waals surface area contributed by atoms with Crippen molar-refractivity contribution in [3.05, 3.63) is 28.2 Å². The van der Waals surface area contributed by atoms with Gasteiger partial charge in [-0.15, -0.1) is 0 Å². The van der Waals surface area contributed by atoms with Crippen LogP contribution in [0.5, 0.6) is 0 Å². The van der Waals surface area contributed by atoms with Crippen molar-refractivity contribution in [2.75, 3.05) is 25.4 Å². The van der Waals surface area contributed by atoms with E-state index < -0.39 is 0 Å². The summed E-state index contributed by atoms with van der Waals surface area (Å²) < 4.78 is 1.04. The van der Waals surface area contributed by atoms with Crippen LogP contribution in [0.4, 0.5) is 5.69 Å². The summed E-state index contributed by atoms with van der Waals surface area (Å²) in [5.41, 5.74) is 7.88. The van der Waals surface area contributed by atoms with Crippen molar-refractivity contribution in [3.8, 4) is 0 Å². The Morgan fingerprint density at radius 1 is 1.29 bits per heavy atom. The quantitative estimate of drug-likeness (QED) is 0.842. The lowest BCUT2D eigenvalue weighted by Gasteiger charge is -2.31. The van der Waals surface area contributed by atoms with Crippen LogP contribution >= 0.6 is 15.9 Å². The number of nitrogens with zero attached hydrogens (tertiary/aromatic N) is 1. The number of piperidine rings is 1. The van der Waals surface area contributed by atoms with Crippen molar-refractivity contribution < 1.29 is 5.11 Å². The summed E-state index contributed by atoms with van der Waals surface area (Å²) in [5.74, 6) is 0.499. The molecular weight excluding hydrogens is 280 g/mol. The minimum atomic E-state index is 0.331. The average molecular weight is 299 g/mol. The maximum absolute atomic E-state index is 9.10. The minimum Gasteiger partial charge on any atom is -0.399 e. The van der Waals surface area contributed by atoms with Gasteiger partial charge in [-0.25, -0.2) is 0 Å². The molecule has 1 aliphatic heterocycles. The molecule has 94 valence electrons. The van der Waals surface area contributed by atoms with Gasteiger partial charge in [0.05, 0.1) is 0 Å². The number of benzene rings is 1. The molecule has 0 saturated carbocycles. The van der Waals surface area contributed by atoms with E-state index in [0.29, 0.717) is 12.5 Å². The molecule has 1 fully saturated rings. The highest BCUT2D eigenvalue weighted by atomic mass is 79.9. The van der Waals surface area contributed by atoms with E-state index in [4.69, 9.17) is 10.8 Å². The molecule has 3 nitrogen and oxygen atoms in total. The molecule has 0 spiro atoms. The molecule has 0 amide bonds. The highest BCUT2D eigenvalue weighted by molar-refractivity contribution is 9.10.